The lowest BCUT2D eigenvalue weighted by atomic mass is 10.1. The molecule has 0 amide bonds. The van der Waals surface area contributed by atoms with Gasteiger partial charge in [0.05, 0.1) is 12.8 Å². The van der Waals surface area contributed by atoms with E-state index in [9.17, 15) is 4.79 Å². The van der Waals surface area contributed by atoms with Crippen molar-refractivity contribution in [2.24, 2.45) is 0 Å². The Morgan fingerprint density at radius 2 is 2.19 bits per heavy atom. The number of hydrogen-bond donors (Lipinski definition) is 1. The van der Waals surface area contributed by atoms with Crippen LogP contribution in [0, 0.1) is 0 Å². The van der Waals surface area contributed by atoms with Gasteiger partial charge in [0.1, 0.15) is 18.1 Å². The molecule has 1 aromatic heterocycles. The average Bonchev–Trinajstić information content (AvgIpc) is 2.52. The van der Waals surface area contributed by atoms with E-state index in [2.05, 4.69) is 4.98 Å². The third-order valence-electron chi connectivity index (χ3n) is 2.72. The Morgan fingerprint density at radius 3 is 2.86 bits per heavy atom. The molecule has 1 aromatic carbocycles. The number of ether oxygens (including phenoxy) is 2. The van der Waals surface area contributed by atoms with E-state index < -0.39 is 5.97 Å². The molecule has 0 fully saturated rings. The molecule has 0 bridgehead atoms. The van der Waals surface area contributed by atoms with E-state index in [0.29, 0.717) is 23.7 Å². The average molecular weight is 285 g/mol. The van der Waals surface area contributed by atoms with Crippen LogP contribution >= 0.6 is 0 Å². The third-order valence-corrected chi connectivity index (χ3v) is 2.72. The standard InChI is InChI=1S/C16H15NO4/c1-20-14-6-7-15(12(10-14)5-8-16(18)19)21-11-13-4-2-3-9-17-13/h2-10H,11H2,1H3,(H,18,19)/b8-5+. The first-order valence-electron chi connectivity index (χ1n) is 6.31. The van der Waals surface area contributed by atoms with Crippen molar-refractivity contribution in [2.75, 3.05) is 7.11 Å². The maximum Gasteiger partial charge on any atom is 0.328 e. The van der Waals surface area contributed by atoms with Gasteiger partial charge in [0.2, 0.25) is 0 Å². The molecule has 2 rings (SSSR count). The summed E-state index contributed by atoms with van der Waals surface area (Å²) in [6.07, 6.45) is 4.22. The summed E-state index contributed by atoms with van der Waals surface area (Å²) in [6.45, 7) is 0.307. The maximum absolute atomic E-state index is 10.6. The van der Waals surface area contributed by atoms with Crippen LogP contribution in [0.3, 0.4) is 0 Å². The fourth-order valence-corrected chi connectivity index (χ4v) is 1.71. The SMILES string of the molecule is COc1ccc(OCc2ccccn2)c(/C=C/C(=O)O)c1. The van der Waals surface area contributed by atoms with E-state index in [1.807, 2.05) is 18.2 Å². The zero-order chi connectivity index (χ0) is 15.1. The van der Waals surface area contributed by atoms with Crippen molar-refractivity contribution in [3.63, 3.8) is 0 Å². The van der Waals surface area contributed by atoms with Crippen LogP contribution in [0.25, 0.3) is 6.08 Å². The Balaban J connectivity index is 2.19. The number of methoxy groups -OCH3 is 1. The topological polar surface area (TPSA) is 68.7 Å². The van der Waals surface area contributed by atoms with Crippen LogP contribution in [0.1, 0.15) is 11.3 Å². The van der Waals surface area contributed by atoms with E-state index in [1.165, 1.54) is 6.08 Å². The van der Waals surface area contributed by atoms with Gasteiger partial charge in [-0.05, 0) is 36.4 Å². The summed E-state index contributed by atoms with van der Waals surface area (Å²) in [7, 11) is 1.55. The largest absolute Gasteiger partial charge is 0.497 e. The van der Waals surface area contributed by atoms with Crippen LogP contribution in [0.4, 0.5) is 0 Å². The number of pyridine rings is 1. The predicted octanol–water partition coefficient (Wildman–Crippen LogP) is 2.77. The lowest BCUT2D eigenvalue weighted by Gasteiger charge is -2.10. The second-order valence-corrected chi connectivity index (χ2v) is 4.19. The summed E-state index contributed by atoms with van der Waals surface area (Å²) in [5.41, 5.74) is 1.43. The molecule has 1 N–H and O–H groups in total. The molecule has 0 aliphatic rings. The van der Waals surface area contributed by atoms with Crippen LogP contribution in [-0.4, -0.2) is 23.2 Å². The molecule has 5 heteroatoms. The summed E-state index contributed by atoms with van der Waals surface area (Å²) in [6, 6.07) is 10.8. The first-order chi connectivity index (χ1) is 10.2. The molecule has 0 saturated carbocycles. The van der Waals surface area contributed by atoms with Crippen molar-refractivity contribution in [2.45, 2.75) is 6.61 Å². The molecule has 1 heterocycles. The number of rotatable bonds is 6. The molecular weight excluding hydrogens is 270 g/mol. The van der Waals surface area contributed by atoms with E-state index >= 15 is 0 Å². The van der Waals surface area contributed by atoms with Crippen LogP contribution in [-0.2, 0) is 11.4 Å². The molecule has 0 aliphatic heterocycles. The minimum absolute atomic E-state index is 0.307. The number of hydrogen-bond acceptors (Lipinski definition) is 4. The molecule has 108 valence electrons. The minimum atomic E-state index is -1.02. The zero-order valence-corrected chi connectivity index (χ0v) is 11.5. The van der Waals surface area contributed by atoms with Crippen LogP contribution in [0.2, 0.25) is 0 Å². The monoisotopic (exact) mass is 285 g/mol. The molecule has 0 radical (unpaired) electrons. The Labute approximate surface area is 122 Å². The molecule has 0 spiro atoms. The quantitative estimate of drug-likeness (QED) is 0.826. The number of nitrogens with zero attached hydrogens (tertiary/aromatic N) is 1. The van der Waals surface area contributed by atoms with Crippen molar-refractivity contribution >= 4 is 12.0 Å². The number of benzene rings is 1. The van der Waals surface area contributed by atoms with Gasteiger partial charge < -0.3 is 14.6 Å². The highest BCUT2D eigenvalue weighted by atomic mass is 16.5. The molecule has 0 unspecified atom stereocenters. The Bertz CT molecular complexity index is 638. The lowest BCUT2D eigenvalue weighted by Crippen LogP contribution is -1.99. The Hall–Kier alpha value is -2.82. The van der Waals surface area contributed by atoms with Gasteiger partial charge in [-0.15, -0.1) is 0 Å². The fraction of sp³-hybridized carbons (Fsp3) is 0.125. The van der Waals surface area contributed by atoms with Crippen molar-refractivity contribution in [3.8, 4) is 11.5 Å². The Morgan fingerprint density at radius 1 is 1.33 bits per heavy atom. The molecular formula is C16H15NO4. The highest BCUT2D eigenvalue weighted by Gasteiger charge is 2.05. The van der Waals surface area contributed by atoms with E-state index in [0.717, 1.165) is 11.8 Å². The molecule has 0 aliphatic carbocycles. The van der Waals surface area contributed by atoms with Crippen LogP contribution in [0.5, 0.6) is 11.5 Å². The predicted molar refractivity (Wildman–Crippen MR) is 78.2 cm³/mol. The summed E-state index contributed by atoms with van der Waals surface area (Å²) >= 11 is 0. The van der Waals surface area contributed by atoms with Gasteiger partial charge in [-0.25, -0.2) is 4.79 Å². The zero-order valence-electron chi connectivity index (χ0n) is 11.5. The number of aromatic nitrogens is 1. The molecule has 21 heavy (non-hydrogen) atoms. The number of carboxylic acids is 1. The van der Waals surface area contributed by atoms with Crippen LogP contribution < -0.4 is 9.47 Å². The number of aliphatic carboxylic acids is 1. The highest BCUT2D eigenvalue weighted by molar-refractivity contribution is 5.86. The van der Waals surface area contributed by atoms with E-state index in [1.54, 1.807) is 31.5 Å². The second kappa shape index (κ2) is 7.09. The summed E-state index contributed by atoms with van der Waals surface area (Å²) < 4.78 is 10.8. The molecule has 0 atom stereocenters. The van der Waals surface area contributed by atoms with Crippen LogP contribution in [0.15, 0.2) is 48.7 Å². The van der Waals surface area contributed by atoms with E-state index in [4.69, 9.17) is 14.6 Å². The van der Waals surface area contributed by atoms with E-state index in [-0.39, 0.29) is 0 Å². The number of carboxylic acid groups (broad SMARTS) is 1. The smallest absolute Gasteiger partial charge is 0.328 e. The lowest BCUT2D eigenvalue weighted by molar-refractivity contribution is -0.131. The van der Waals surface area contributed by atoms with Gasteiger partial charge in [0, 0.05) is 17.8 Å². The van der Waals surface area contributed by atoms with Crippen molar-refractivity contribution in [1.82, 2.24) is 4.98 Å². The molecule has 2 aromatic rings. The van der Waals surface area contributed by atoms with Crippen molar-refractivity contribution in [3.05, 3.63) is 59.9 Å². The normalized spacial score (nSPS) is 10.5. The summed E-state index contributed by atoms with van der Waals surface area (Å²) in [4.78, 5) is 14.8. The first-order valence-corrected chi connectivity index (χ1v) is 6.31. The summed E-state index contributed by atoms with van der Waals surface area (Å²) in [5.74, 6) is 0.178. The maximum atomic E-state index is 10.6. The van der Waals surface area contributed by atoms with Gasteiger partial charge in [-0.1, -0.05) is 6.07 Å². The molecule has 0 saturated heterocycles. The highest BCUT2D eigenvalue weighted by Crippen LogP contribution is 2.26. The van der Waals surface area contributed by atoms with Gasteiger partial charge in [0.25, 0.3) is 0 Å². The first kappa shape index (κ1) is 14.6. The van der Waals surface area contributed by atoms with Crippen molar-refractivity contribution in [1.29, 1.82) is 0 Å². The molecule has 5 nitrogen and oxygen atoms in total. The summed E-state index contributed by atoms with van der Waals surface area (Å²) in [5, 5.41) is 8.73. The number of carbonyl (C=O) groups is 1. The van der Waals surface area contributed by atoms with Gasteiger partial charge in [-0.2, -0.15) is 0 Å². The van der Waals surface area contributed by atoms with Gasteiger partial charge >= 0.3 is 5.97 Å². The third kappa shape index (κ3) is 4.35. The van der Waals surface area contributed by atoms with Gasteiger partial charge in [0.15, 0.2) is 0 Å². The van der Waals surface area contributed by atoms with Gasteiger partial charge in [-0.3, -0.25) is 4.98 Å². The minimum Gasteiger partial charge on any atom is -0.497 e. The second-order valence-electron chi connectivity index (χ2n) is 4.19. The van der Waals surface area contributed by atoms with Crippen molar-refractivity contribution < 1.29 is 19.4 Å². The Kier molecular flexibility index (Phi) is 4.93. The fourth-order valence-electron chi connectivity index (χ4n) is 1.71.